The highest BCUT2D eigenvalue weighted by molar-refractivity contribution is 7.15. The number of carbonyl (C=O) groups is 3. The van der Waals surface area contributed by atoms with Crippen LogP contribution in [0.25, 0.3) is 0 Å². The average molecular weight is 376 g/mol. The van der Waals surface area contributed by atoms with Gasteiger partial charge in [0.2, 0.25) is 0 Å². The first kappa shape index (κ1) is 19.7. The minimum Gasteiger partial charge on any atom is -0.465 e. The third kappa shape index (κ3) is 3.62. The van der Waals surface area contributed by atoms with Crippen LogP contribution in [0.1, 0.15) is 60.1 Å². The van der Waals surface area contributed by atoms with E-state index in [-0.39, 0.29) is 21.9 Å². The SMILES string of the molecule is CCC(c1ccccc1)c1sc(C(=O)OC)c(C(=O)OC)c1C(=O)OC. The highest BCUT2D eigenvalue weighted by Gasteiger charge is 2.35. The maximum absolute atomic E-state index is 12.5. The molecular formula is C19H20O6S. The number of rotatable bonds is 6. The van der Waals surface area contributed by atoms with Gasteiger partial charge in [0.15, 0.2) is 0 Å². The fourth-order valence-corrected chi connectivity index (χ4v) is 4.20. The Kier molecular flexibility index (Phi) is 6.52. The van der Waals surface area contributed by atoms with E-state index in [4.69, 9.17) is 14.2 Å². The first-order valence-corrected chi connectivity index (χ1v) is 8.78. The minimum absolute atomic E-state index is 0.0316. The summed E-state index contributed by atoms with van der Waals surface area (Å²) in [6, 6.07) is 9.55. The van der Waals surface area contributed by atoms with Gasteiger partial charge in [-0.2, -0.15) is 0 Å². The summed E-state index contributed by atoms with van der Waals surface area (Å²) in [4.78, 5) is 37.6. The molecule has 2 rings (SSSR count). The van der Waals surface area contributed by atoms with Crippen molar-refractivity contribution in [1.29, 1.82) is 0 Å². The van der Waals surface area contributed by atoms with Crippen LogP contribution in [0, 0.1) is 0 Å². The van der Waals surface area contributed by atoms with Crippen LogP contribution in [-0.4, -0.2) is 39.2 Å². The monoisotopic (exact) mass is 376 g/mol. The van der Waals surface area contributed by atoms with E-state index in [1.54, 1.807) is 0 Å². The second-order valence-corrected chi connectivity index (χ2v) is 6.44. The summed E-state index contributed by atoms with van der Waals surface area (Å²) >= 11 is 1.06. The number of ether oxygens (including phenoxy) is 3. The van der Waals surface area contributed by atoms with Crippen LogP contribution in [0.3, 0.4) is 0 Å². The van der Waals surface area contributed by atoms with Crippen molar-refractivity contribution in [3.05, 3.63) is 56.8 Å². The molecule has 0 radical (unpaired) electrons. The molecule has 0 saturated heterocycles. The van der Waals surface area contributed by atoms with Crippen molar-refractivity contribution in [2.75, 3.05) is 21.3 Å². The molecule has 1 heterocycles. The molecule has 2 aromatic rings. The van der Waals surface area contributed by atoms with Gasteiger partial charge in [0.25, 0.3) is 0 Å². The Morgan fingerprint density at radius 1 is 0.885 bits per heavy atom. The molecule has 26 heavy (non-hydrogen) atoms. The van der Waals surface area contributed by atoms with Crippen molar-refractivity contribution >= 4 is 29.2 Å². The van der Waals surface area contributed by atoms with Crippen LogP contribution < -0.4 is 0 Å². The number of esters is 3. The first-order chi connectivity index (χ1) is 12.5. The summed E-state index contributed by atoms with van der Waals surface area (Å²) in [5.74, 6) is -2.36. The molecule has 0 spiro atoms. The zero-order chi connectivity index (χ0) is 19.3. The Morgan fingerprint density at radius 2 is 1.42 bits per heavy atom. The van der Waals surface area contributed by atoms with Gasteiger partial charge in [-0.15, -0.1) is 11.3 Å². The van der Waals surface area contributed by atoms with Gasteiger partial charge in [-0.25, -0.2) is 14.4 Å². The first-order valence-electron chi connectivity index (χ1n) is 7.96. The number of thiophene rings is 1. The number of hydrogen-bond donors (Lipinski definition) is 0. The molecule has 6 nitrogen and oxygen atoms in total. The smallest absolute Gasteiger partial charge is 0.348 e. The number of methoxy groups -OCH3 is 3. The second-order valence-electron chi connectivity index (χ2n) is 5.39. The Balaban J connectivity index is 2.79. The lowest BCUT2D eigenvalue weighted by Crippen LogP contribution is -2.15. The number of hydrogen-bond acceptors (Lipinski definition) is 7. The van der Waals surface area contributed by atoms with Crippen LogP contribution in [0.15, 0.2) is 30.3 Å². The van der Waals surface area contributed by atoms with Gasteiger partial charge in [-0.05, 0) is 12.0 Å². The van der Waals surface area contributed by atoms with Gasteiger partial charge in [0, 0.05) is 10.8 Å². The molecule has 7 heteroatoms. The summed E-state index contributed by atoms with van der Waals surface area (Å²) in [6.07, 6.45) is 0.662. The predicted octanol–water partition coefficient (Wildman–Crippen LogP) is 3.65. The van der Waals surface area contributed by atoms with Gasteiger partial charge in [-0.3, -0.25) is 0 Å². The predicted molar refractivity (Wildman–Crippen MR) is 96.9 cm³/mol. The molecule has 0 fully saturated rings. The molecule has 0 saturated carbocycles. The molecule has 138 valence electrons. The molecule has 0 amide bonds. The van der Waals surface area contributed by atoms with E-state index in [0.717, 1.165) is 16.9 Å². The summed E-state index contributed by atoms with van der Waals surface area (Å²) in [5.41, 5.74) is 0.912. The van der Waals surface area contributed by atoms with Crippen LogP contribution in [0.4, 0.5) is 0 Å². The van der Waals surface area contributed by atoms with Crippen molar-refractivity contribution in [1.82, 2.24) is 0 Å². The largest absolute Gasteiger partial charge is 0.465 e. The normalized spacial score (nSPS) is 11.5. The maximum atomic E-state index is 12.5. The Morgan fingerprint density at radius 3 is 1.92 bits per heavy atom. The van der Waals surface area contributed by atoms with E-state index in [2.05, 4.69) is 0 Å². The highest BCUT2D eigenvalue weighted by Crippen LogP contribution is 2.40. The standard InChI is InChI=1S/C19H20O6S/c1-5-12(11-9-7-6-8-10-11)15-13(17(20)23-2)14(18(21)24-3)16(26-15)19(22)25-4/h6-10,12H,5H2,1-4H3. The van der Waals surface area contributed by atoms with E-state index in [9.17, 15) is 14.4 Å². The molecule has 0 aliphatic heterocycles. The van der Waals surface area contributed by atoms with E-state index in [0.29, 0.717) is 11.3 Å². The van der Waals surface area contributed by atoms with Crippen molar-refractivity contribution < 1.29 is 28.6 Å². The summed E-state index contributed by atoms with van der Waals surface area (Å²) < 4.78 is 14.5. The lowest BCUT2D eigenvalue weighted by molar-refractivity contribution is 0.0539. The van der Waals surface area contributed by atoms with Gasteiger partial charge in [0.1, 0.15) is 4.88 Å². The van der Waals surface area contributed by atoms with Crippen molar-refractivity contribution in [2.24, 2.45) is 0 Å². The fraction of sp³-hybridized carbons (Fsp3) is 0.316. The Labute approximate surface area is 155 Å². The Bertz CT molecular complexity index is 809. The molecule has 1 aromatic carbocycles. The molecule has 0 bridgehead atoms. The van der Waals surface area contributed by atoms with Gasteiger partial charge in [0.05, 0.1) is 32.5 Å². The lowest BCUT2D eigenvalue weighted by Gasteiger charge is -2.15. The molecule has 1 unspecified atom stereocenters. The molecule has 1 aromatic heterocycles. The van der Waals surface area contributed by atoms with E-state index < -0.39 is 17.9 Å². The zero-order valence-corrected chi connectivity index (χ0v) is 15.8. The quantitative estimate of drug-likeness (QED) is 0.566. The molecule has 0 aliphatic carbocycles. The van der Waals surface area contributed by atoms with Crippen LogP contribution in [-0.2, 0) is 14.2 Å². The lowest BCUT2D eigenvalue weighted by atomic mass is 9.91. The van der Waals surface area contributed by atoms with Gasteiger partial charge >= 0.3 is 17.9 Å². The van der Waals surface area contributed by atoms with Crippen molar-refractivity contribution in [3.8, 4) is 0 Å². The molecule has 1 atom stereocenters. The summed E-state index contributed by atoms with van der Waals surface area (Å²) in [7, 11) is 3.64. The minimum atomic E-state index is -0.781. The maximum Gasteiger partial charge on any atom is 0.348 e. The Hall–Kier alpha value is -2.67. The van der Waals surface area contributed by atoms with Crippen molar-refractivity contribution in [3.63, 3.8) is 0 Å². The van der Waals surface area contributed by atoms with Crippen LogP contribution in [0.5, 0.6) is 0 Å². The third-order valence-corrected chi connectivity index (χ3v) is 5.30. The van der Waals surface area contributed by atoms with Gasteiger partial charge in [-0.1, -0.05) is 37.3 Å². The van der Waals surface area contributed by atoms with E-state index in [1.807, 2.05) is 37.3 Å². The number of benzene rings is 1. The number of carbonyl (C=O) groups excluding carboxylic acids is 3. The van der Waals surface area contributed by atoms with E-state index >= 15 is 0 Å². The third-order valence-electron chi connectivity index (χ3n) is 4.01. The van der Waals surface area contributed by atoms with E-state index in [1.165, 1.54) is 21.3 Å². The fourth-order valence-electron chi connectivity index (χ4n) is 2.79. The zero-order valence-electron chi connectivity index (χ0n) is 15.0. The van der Waals surface area contributed by atoms with Crippen LogP contribution in [0.2, 0.25) is 0 Å². The topological polar surface area (TPSA) is 78.9 Å². The average Bonchev–Trinajstić information content (AvgIpc) is 3.07. The second kappa shape index (κ2) is 8.62. The molecular weight excluding hydrogens is 356 g/mol. The summed E-state index contributed by atoms with van der Waals surface area (Å²) in [5, 5.41) is 0. The highest BCUT2D eigenvalue weighted by atomic mass is 32.1. The molecule has 0 N–H and O–H groups in total. The summed E-state index contributed by atoms with van der Waals surface area (Å²) in [6.45, 7) is 1.97. The molecule has 0 aliphatic rings. The van der Waals surface area contributed by atoms with Crippen LogP contribution >= 0.6 is 11.3 Å². The van der Waals surface area contributed by atoms with Crippen molar-refractivity contribution in [2.45, 2.75) is 19.3 Å². The van der Waals surface area contributed by atoms with Gasteiger partial charge < -0.3 is 14.2 Å².